The Morgan fingerprint density at radius 3 is 2.35 bits per heavy atom. The van der Waals surface area contributed by atoms with Crippen molar-refractivity contribution in [1.29, 1.82) is 0 Å². The van der Waals surface area contributed by atoms with Gasteiger partial charge in [-0.3, -0.25) is 4.79 Å². The zero-order chi connectivity index (χ0) is 23.3. The number of hydrogen-bond donors (Lipinski definition) is 1. The molecule has 0 atom stereocenters. The molecule has 0 bridgehead atoms. The first-order chi connectivity index (χ1) is 16.6. The van der Waals surface area contributed by atoms with Crippen LogP contribution in [0.4, 0.5) is 11.6 Å². The molecule has 6 nitrogen and oxygen atoms in total. The van der Waals surface area contributed by atoms with Gasteiger partial charge in [0, 0.05) is 47.7 Å². The standard InChI is InChI=1S/C27H30ClN5O/c28-23-7-3-21(4-8-23)25-11-14-29-27(31-25)30-24-9-5-22(6-10-24)26(34)33-17-12-20(13-18-33)19-32-15-1-2-16-32/h3-11,14,20H,1-2,12-13,15-19H2,(H,29,30,31). The second-order valence-corrected chi connectivity index (χ2v) is 9.65. The lowest BCUT2D eigenvalue weighted by molar-refractivity contribution is 0.0673. The third-order valence-corrected chi connectivity index (χ3v) is 7.05. The van der Waals surface area contributed by atoms with Crippen LogP contribution in [0.25, 0.3) is 11.3 Å². The van der Waals surface area contributed by atoms with Crippen molar-refractivity contribution in [2.24, 2.45) is 5.92 Å². The summed E-state index contributed by atoms with van der Waals surface area (Å²) in [6, 6.07) is 17.0. The lowest BCUT2D eigenvalue weighted by Crippen LogP contribution is -2.41. The summed E-state index contributed by atoms with van der Waals surface area (Å²) < 4.78 is 0. The summed E-state index contributed by atoms with van der Waals surface area (Å²) in [5.74, 6) is 1.34. The van der Waals surface area contributed by atoms with E-state index in [1.165, 1.54) is 32.5 Å². The third kappa shape index (κ3) is 5.57. The highest BCUT2D eigenvalue weighted by atomic mass is 35.5. The van der Waals surface area contributed by atoms with E-state index in [0.717, 1.165) is 54.4 Å². The first-order valence-corrected chi connectivity index (χ1v) is 12.5. The normalized spacial score (nSPS) is 17.1. The molecule has 1 aromatic heterocycles. The maximum Gasteiger partial charge on any atom is 0.253 e. The highest BCUT2D eigenvalue weighted by Crippen LogP contribution is 2.24. The van der Waals surface area contributed by atoms with Crippen LogP contribution in [0.3, 0.4) is 0 Å². The van der Waals surface area contributed by atoms with E-state index in [1.54, 1.807) is 6.20 Å². The molecule has 0 aliphatic carbocycles. The quantitative estimate of drug-likeness (QED) is 0.511. The number of amides is 1. The Morgan fingerprint density at radius 2 is 1.65 bits per heavy atom. The predicted molar refractivity (Wildman–Crippen MR) is 137 cm³/mol. The summed E-state index contributed by atoms with van der Waals surface area (Å²) in [6.07, 6.45) is 6.60. The highest BCUT2D eigenvalue weighted by molar-refractivity contribution is 6.30. The van der Waals surface area contributed by atoms with Crippen molar-refractivity contribution in [3.63, 3.8) is 0 Å². The first kappa shape index (κ1) is 22.8. The molecule has 0 unspecified atom stereocenters. The molecule has 3 heterocycles. The summed E-state index contributed by atoms with van der Waals surface area (Å²) in [5, 5.41) is 3.93. The smallest absolute Gasteiger partial charge is 0.253 e. The molecular formula is C27H30ClN5O. The lowest BCUT2D eigenvalue weighted by atomic mass is 9.95. The van der Waals surface area contributed by atoms with Crippen molar-refractivity contribution in [2.45, 2.75) is 25.7 Å². The van der Waals surface area contributed by atoms with E-state index >= 15 is 0 Å². The van der Waals surface area contributed by atoms with Gasteiger partial charge in [-0.1, -0.05) is 23.7 Å². The average Bonchev–Trinajstić information content (AvgIpc) is 3.38. The molecule has 2 fully saturated rings. The molecule has 5 rings (SSSR count). The Hall–Kier alpha value is -2.96. The Kier molecular flexibility index (Phi) is 7.07. The molecule has 2 saturated heterocycles. The van der Waals surface area contributed by atoms with Gasteiger partial charge in [0.25, 0.3) is 5.91 Å². The molecule has 34 heavy (non-hydrogen) atoms. The second kappa shape index (κ2) is 10.5. The van der Waals surface area contributed by atoms with Crippen LogP contribution in [-0.2, 0) is 0 Å². The maximum atomic E-state index is 13.0. The van der Waals surface area contributed by atoms with Gasteiger partial charge in [-0.2, -0.15) is 0 Å². The monoisotopic (exact) mass is 475 g/mol. The van der Waals surface area contributed by atoms with E-state index in [-0.39, 0.29) is 5.91 Å². The van der Waals surface area contributed by atoms with E-state index < -0.39 is 0 Å². The van der Waals surface area contributed by atoms with Crippen molar-refractivity contribution in [2.75, 3.05) is 38.0 Å². The number of carbonyl (C=O) groups is 1. The second-order valence-electron chi connectivity index (χ2n) is 9.22. The van der Waals surface area contributed by atoms with Gasteiger partial charge in [0.1, 0.15) is 0 Å². The molecule has 1 amide bonds. The minimum atomic E-state index is 0.118. The van der Waals surface area contributed by atoms with E-state index in [0.29, 0.717) is 11.0 Å². The van der Waals surface area contributed by atoms with Crippen molar-refractivity contribution in [1.82, 2.24) is 19.8 Å². The minimum absolute atomic E-state index is 0.118. The van der Waals surface area contributed by atoms with Gasteiger partial charge < -0.3 is 15.1 Å². The summed E-state index contributed by atoms with van der Waals surface area (Å²) in [6.45, 7) is 5.39. The molecule has 0 radical (unpaired) electrons. The van der Waals surface area contributed by atoms with Crippen LogP contribution in [-0.4, -0.2) is 58.4 Å². The van der Waals surface area contributed by atoms with Gasteiger partial charge in [-0.15, -0.1) is 0 Å². The van der Waals surface area contributed by atoms with E-state index in [2.05, 4.69) is 20.2 Å². The van der Waals surface area contributed by atoms with Crippen LogP contribution in [0.5, 0.6) is 0 Å². The average molecular weight is 476 g/mol. The number of nitrogens with zero attached hydrogens (tertiary/aromatic N) is 4. The predicted octanol–water partition coefficient (Wildman–Crippen LogP) is 5.49. The lowest BCUT2D eigenvalue weighted by Gasteiger charge is -2.34. The van der Waals surface area contributed by atoms with Crippen molar-refractivity contribution in [3.8, 4) is 11.3 Å². The largest absolute Gasteiger partial charge is 0.339 e. The molecule has 7 heteroatoms. The number of nitrogens with one attached hydrogen (secondary N) is 1. The molecule has 3 aromatic rings. The topological polar surface area (TPSA) is 61.4 Å². The van der Waals surface area contributed by atoms with Gasteiger partial charge in [0.05, 0.1) is 5.69 Å². The number of rotatable bonds is 6. The van der Waals surface area contributed by atoms with Gasteiger partial charge >= 0.3 is 0 Å². The van der Waals surface area contributed by atoms with E-state index in [1.807, 2.05) is 59.5 Å². The minimum Gasteiger partial charge on any atom is -0.339 e. The summed E-state index contributed by atoms with van der Waals surface area (Å²) >= 11 is 5.99. The van der Waals surface area contributed by atoms with E-state index in [9.17, 15) is 4.79 Å². The summed E-state index contributed by atoms with van der Waals surface area (Å²) in [4.78, 5) is 26.5. The third-order valence-electron chi connectivity index (χ3n) is 6.80. The van der Waals surface area contributed by atoms with Crippen LogP contribution in [0.1, 0.15) is 36.0 Å². The van der Waals surface area contributed by atoms with Crippen LogP contribution in [0, 0.1) is 5.92 Å². The number of likely N-dealkylation sites (tertiary alicyclic amines) is 2. The fourth-order valence-electron chi connectivity index (χ4n) is 4.86. The number of anilines is 2. The molecule has 2 aliphatic rings. The van der Waals surface area contributed by atoms with Crippen LogP contribution in [0.2, 0.25) is 5.02 Å². The molecule has 2 aliphatic heterocycles. The fraction of sp³-hybridized carbons (Fsp3) is 0.370. The SMILES string of the molecule is O=C(c1ccc(Nc2nccc(-c3ccc(Cl)cc3)n2)cc1)N1CCC(CN2CCCC2)CC1. The first-order valence-electron chi connectivity index (χ1n) is 12.1. The number of halogens is 1. The van der Waals surface area contributed by atoms with Crippen molar-refractivity contribution in [3.05, 3.63) is 71.4 Å². The van der Waals surface area contributed by atoms with Crippen LogP contribution >= 0.6 is 11.6 Å². The number of hydrogen-bond acceptors (Lipinski definition) is 5. The van der Waals surface area contributed by atoms with Gasteiger partial charge in [0.2, 0.25) is 5.95 Å². The Morgan fingerprint density at radius 1 is 0.941 bits per heavy atom. The van der Waals surface area contributed by atoms with Crippen LogP contribution in [0.15, 0.2) is 60.8 Å². The van der Waals surface area contributed by atoms with Gasteiger partial charge in [0.15, 0.2) is 0 Å². The van der Waals surface area contributed by atoms with E-state index in [4.69, 9.17) is 11.6 Å². The number of carbonyl (C=O) groups excluding carboxylic acids is 1. The van der Waals surface area contributed by atoms with Crippen molar-refractivity contribution < 1.29 is 4.79 Å². The van der Waals surface area contributed by atoms with Gasteiger partial charge in [-0.05, 0) is 87.2 Å². The Balaban J connectivity index is 1.17. The molecule has 2 aromatic carbocycles. The zero-order valence-electron chi connectivity index (χ0n) is 19.3. The Bertz CT molecular complexity index is 1100. The summed E-state index contributed by atoms with van der Waals surface area (Å²) in [5.41, 5.74) is 3.35. The molecule has 1 N–H and O–H groups in total. The molecule has 176 valence electrons. The zero-order valence-corrected chi connectivity index (χ0v) is 20.0. The Labute approximate surface area is 206 Å². The summed E-state index contributed by atoms with van der Waals surface area (Å²) in [7, 11) is 0. The molecular weight excluding hydrogens is 446 g/mol. The number of aromatic nitrogens is 2. The number of benzene rings is 2. The van der Waals surface area contributed by atoms with Gasteiger partial charge in [-0.25, -0.2) is 9.97 Å². The van der Waals surface area contributed by atoms with Crippen molar-refractivity contribution >= 4 is 29.1 Å². The highest BCUT2D eigenvalue weighted by Gasteiger charge is 2.25. The van der Waals surface area contributed by atoms with Crippen LogP contribution < -0.4 is 5.32 Å². The maximum absolute atomic E-state index is 13.0. The number of piperidine rings is 1. The fourth-order valence-corrected chi connectivity index (χ4v) is 4.98. The molecule has 0 saturated carbocycles. The molecule has 0 spiro atoms.